The van der Waals surface area contributed by atoms with Crippen LogP contribution in [0.2, 0.25) is 0 Å². The molecule has 2 fully saturated rings. The molecular formula is C36H46N2O14. The third-order valence-corrected chi connectivity index (χ3v) is 9.39. The van der Waals surface area contributed by atoms with Gasteiger partial charge in [0.2, 0.25) is 5.79 Å². The molecule has 2 aliphatic heterocycles. The first-order chi connectivity index (χ1) is 25.1. The van der Waals surface area contributed by atoms with Gasteiger partial charge in [0, 0.05) is 29.4 Å². The average Bonchev–Trinajstić information content (AvgIpc) is 3.65. The number of methoxy groups -OCH3 is 1. The number of H-pyrrole nitrogens is 1. The van der Waals surface area contributed by atoms with E-state index in [1.165, 1.54) is 7.11 Å². The molecule has 16 nitrogen and oxygen atoms in total. The summed E-state index contributed by atoms with van der Waals surface area (Å²) in [7, 11) is 1.51. The van der Waals surface area contributed by atoms with Crippen molar-refractivity contribution in [2.45, 2.75) is 60.9 Å². The molecule has 10 atom stereocenters. The molecule has 52 heavy (non-hydrogen) atoms. The maximum atomic E-state index is 11.7. The average molecular weight is 731 g/mol. The molecule has 4 aromatic rings. The van der Waals surface area contributed by atoms with Gasteiger partial charge in [0.1, 0.15) is 67.8 Å². The number of rotatable bonds is 16. The summed E-state index contributed by atoms with van der Waals surface area (Å²) in [6.45, 7) is -1.91. The van der Waals surface area contributed by atoms with Gasteiger partial charge in [-0.3, -0.25) is 4.90 Å². The predicted octanol–water partition coefficient (Wildman–Crippen LogP) is -0.924. The fraction of sp³-hybridized carbons (Fsp3) is 0.500. The molecular weight excluding hydrogens is 684 g/mol. The van der Waals surface area contributed by atoms with Crippen molar-refractivity contribution in [2.24, 2.45) is 0 Å². The third kappa shape index (κ3) is 7.98. The zero-order valence-electron chi connectivity index (χ0n) is 28.5. The van der Waals surface area contributed by atoms with E-state index in [1.807, 2.05) is 42.5 Å². The normalized spacial score (nSPS) is 29.9. The molecule has 0 amide bonds. The zero-order valence-corrected chi connectivity index (χ0v) is 28.5. The van der Waals surface area contributed by atoms with Crippen LogP contribution < -0.4 is 14.2 Å². The van der Waals surface area contributed by atoms with Gasteiger partial charge in [-0.2, -0.15) is 0 Å². The van der Waals surface area contributed by atoms with Crippen LogP contribution in [-0.4, -0.2) is 165 Å². The lowest BCUT2D eigenvalue weighted by Gasteiger charge is -2.41. The Morgan fingerprint density at radius 2 is 1.52 bits per heavy atom. The zero-order chi connectivity index (χ0) is 37.0. The molecule has 6 rings (SSSR count). The van der Waals surface area contributed by atoms with Gasteiger partial charge in [-0.25, -0.2) is 0 Å². The van der Waals surface area contributed by atoms with Crippen LogP contribution in [0.25, 0.3) is 21.8 Å². The Balaban J connectivity index is 1.17. The standard InChI is InChI=1S/C36H46N2O14/c1-47-24-10-4-5-11-25(24)48-14-13-38(15-20(41)18-49-26-12-6-9-23-29(26)21-7-2-3-8-22(21)37-23)19-36(46)34(45)33(28(17-40)52-36)51-35-32(44)31(43)30(42)27(16-39)50-35/h2-12,20,27-28,30-35,37,39-46H,13-19H2,1H3/t20-,27?,28+,30-,31+,32?,33-,34?,35-,36?/m0/s1. The van der Waals surface area contributed by atoms with Crippen LogP contribution in [0, 0.1) is 0 Å². The number of hydrogen-bond acceptors (Lipinski definition) is 15. The van der Waals surface area contributed by atoms with Gasteiger partial charge in [-0.1, -0.05) is 36.4 Å². The second-order valence-corrected chi connectivity index (χ2v) is 13.0. The van der Waals surface area contributed by atoms with Gasteiger partial charge in [-0.15, -0.1) is 0 Å². The summed E-state index contributed by atoms with van der Waals surface area (Å²) in [6, 6.07) is 20.4. The van der Waals surface area contributed by atoms with E-state index in [9.17, 15) is 40.9 Å². The summed E-state index contributed by atoms with van der Waals surface area (Å²) < 4.78 is 34.3. The monoisotopic (exact) mass is 730 g/mol. The van der Waals surface area contributed by atoms with Crippen molar-refractivity contribution in [3.8, 4) is 17.2 Å². The molecule has 16 heteroatoms. The summed E-state index contributed by atoms with van der Waals surface area (Å²) in [5, 5.41) is 86.6. The minimum atomic E-state index is -2.38. The van der Waals surface area contributed by atoms with Crippen LogP contribution in [-0.2, 0) is 14.2 Å². The highest BCUT2D eigenvalue weighted by atomic mass is 16.7. The second-order valence-electron chi connectivity index (χ2n) is 13.0. The molecule has 284 valence electrons. The highest BCUT2D eigenvalue weighted by Gasteiger charge is 2.57. The lowest BCUT2D eigenvalue weighted by atomic mass is 9.98. The van der Waals surface area contributed by atoms with Crippen LogP contribution in [0.3, 0.4) is 0 Å². The SMILES string of the molecule is COc1ccccc1OCCN(C[C@H](O)COc1cccc2[nH]c3ccccc3c12)CC1(O)O[C@H](CO)[C@H](O[C@@H]2OC(CO)[C@H](O)[C@@H](O)C2O)C1O. The number of fused-ring (bicyclic) bond motifs is 3. The third-order valence-electron chi connectivity index (χ3n) is 9.39. The van der Waals surface area contributed by atoms with E-state index < -0.39 is 80.7 Å². The van der Waals surface area contributed by atoms with Gasteiger partial charge in [0.15, 0.2) is 17.8 Å². The molecule has 3 heterocycles. The van der Waals surface area contributed by atoms with Crippen molar-refractivity contribution in [1.82, 2.24) is 9.88 Å². The molecule has 0 saturated carbocycles. The summed E-state index contributed by atoms with van der Waals surface area (Å²) in [5.41, 5.74) is 1.81. The topological polar surface area (TPSA) is 236 Å². The molecule has 2 saturated heterocycles. The van der Waals surface area contributed by atoms with Gasteiger partial charge in [0.25, 0.3) is 0 Å². The second kappa shape index (κ2) is 16.6. The van der Waals surface area contributed by atoms with E-state index in [0.717, 1.165) is 21.8 Å². The number of nitrogens with zero attached hydrogens (tertiary/aromatic N) is 1. The Labute approximate surface area is 298 Å². The summed E-state index contributed by atoms with van der Waals surface area (Å²) in [5.74, 6) is -0.856. The largest absolute Gasteiger partial charge is 0.493 e. The first-order valence-corrected chi connectivity index (χ1v) is 17.0. The molecule has 0 spiro atoms. The summed E-state index contributed by atoms with van der Waals surface area (Å²) in [6.07, 6.45) is -13.9. The van der Waals surface area contributed by atoms with Gasteiger partial charge >= 0.3 is 0 Å². The first-order valence-electron chi connectivity index (χ1n) is 17.0. The lowest BCUT2D eigenvalue weighted by molar-refractivity contribution is -0.318. The van der Waals surface area contributed by atoms with Crippen molar-refractivity contribution in [3.05, 3.63) is 66.7 Å². The maximum absolute atomic E-state index is 11.7. The molecule has 2 aliphatic rings. The van der Waals surface area contributed by atoms with Crippen molar-refractivity contribution in [3.63, 3.8) is 0 Å². The molecule has 0 aliphatic carbocycles. The van der Waals surface area contributed by atoms with Crippen LogP contribution in [0.5, 0.6) is 17.2 Å². The lowest BCUT2D eigenvalue weighted by Crippen LogP contribution is -2.61. The minimum Gasteiger partial charge on any atom is -0.493 e. The van der Waals surface area contributed by atoms with E-state index in [4.69, 9.17) is 28.4 Å². The molecule has 9 N–H and O–H groups in total. The number of ether oxygens (including phenoxy) is 6. The Morgan fingerprint density at radius 3 is 2.27 bits per heavy atom. The van der Waals surface area contributed by atoms with Crippen LogP contribution in [0.15, 0.2) is 66.7 Å². The van der Waals surface area contributed by atoms with Gasteiger partial charge < -0.3 is 74.3 Å². The Bertz CT molecular complexity index is 1760. The number of aromatic amines is 1. The van der Waals surface area contributed by atoms with E-state index in [-0.39, 0.29) is 26.3 Å². The number of benzene rings is 3. The quantitative estimate of drug-likeness (QED) is 0.0678. The van der Waals surface area contributed by atoms with Crippen molar-refractivity contribution < 1.29 is 69.3 Å². The fourth-order valence-corrected chi connectivity index (χ4v) is 6.73. The van der Waals surface area contributed by atoms with Gasteiger partial charge in [0.05, 0.1) is 32.4 Å². The Kier molecular flexibility index (Phi) is 12.2. The van der Waals surface area contributed by atoms with Crippen LogP contribution >= 0.6 is 0 Å². The summed E-state index contributed by atoms with van der Waals surface area (Å²) >= 11 is 0. The molecule has 0 bridgehead atoms. The Morgan fingerprint density at radius 1 is 0.827 bits per heavy atom. The number of aromatic nitrogens is 1. The minimum absolute atomic E-state index is 0.0585. The van der Waals surface area contributed by atoms with E-state index >= 15 is 0 Å². The van der Waals surface area contributed by atoms with Crippen molar-refractivity contribution in [2.75, 3.05) is 53.2 Å². The highest BCUT2D eigenvalue weighted by molar-refractivity contribution is 6.10. The van der Waals surface area contributed by atoms with Crippen LogP contribution in [0.4, 0.5) is 0 Å². The number of nitrogens with one attached hydrogen (secondary N) is 1. The van der Waals surface area contributed by atoms with E-state index in [0.29, 0.717) is 17.2 Å². The summed E-state index contributed by atoms with van der Waals surface area (Å²) in [4.78, 5) is 4.94. The number of aliphatic hydroxyl groups is 8. The van der Waals surface area contributed by atoms with Gasteiger partial charge in [-0.05, 0) is 30.3 Å². The highest BCUT2D eigenvalue weighted by Crippen LogP contribution is 2.36. The number of para-hydroxylation sites is 3. The Hall–Kier alpha value is -3.62. The van der Waals surface area contributed by atoms with Crippen molar-refractivity contribution in [1.29, 1.82) is 0 Å². The molecule has 0 radical (unpaired) electrons. The molecule has 3 aromatic carbocycles. The smallest absolute Gasteiger partial charge is 0.208 e. The predicted molar refractivity (Wildman–Crippen MR) is 184 cm³/mol. The fourth-order valence-electron chi connectivity index (χ4n) is 6.73. The molecule has 4 unspecified atom stereocenters. The van der Waals surface area contributed by atoms with Crippen molar-refractivity contribution >= 4 is 21.8 Å². The molecule has 1 aromatic heterocycles. The number of aliphatic hydroxyl groups excluding tert-OH is 7. The van der Waals surface area contributed by atoms with E-state index in [1.54, 1.807) is 29.2 Å². The van der Waals surface area contributed by atoms with Crippen LogP contribution in [0.1, 0.15) is 0 Å². The number of hydrogen-bond donors (Lipinski definition) is 9. The first kappa shape index (κ1) is 38.1. The van der Waals surface area contributed by atoms with E-state index in [2.05, 4.69) is 4.98 Å². The maximum Gasteiger partial charge on any atom is 0.208 e.